The van der Waals surface area contributed by atoms with Crippen molar-refractivity contribution in [2.75, 3.05) is 5.32 Å². The fourth-order valence-corrected chi connectivity index (χ4v) is 1.48. The van der Waals surface area contributed by atoms with Gasteiger partial charge in [-0.2, -0.15) is 13.2 Å². The van der Waals surface area contributed by atoms with Gasteiger partial charge in [0.1, 0.15) is 11.4 Å². The number of halogens is 4. The third kappa shape index (κ3) is 1.88. The molecule has 82 valence electrons. The van der Waals surface area contributed by atoms with Gasteiger partial charge in [0.05, 0.1) is 5.02 Å². The summed E-state index contributed by atoms with van der Waals surface area (Å²) in [5.41, 5.74) is -1.81. The van der Waals surface area contributed by atoms with Crippen molar-refractivity contribution < 1.29 is 13.2 Å². The molecule has 2 rings (SSSR count). The van der Waals surface area contributed by atoms with Gasteiger partial charge in [-0.3, -0.25) is 0 Å². The largest absolute Gasteiger partial charge is 0.411 e. The third-order valence-electron chi connectivity index (χ3n) is 2.41. The Labute approximate surface area is 89.5 Å². The number of rotatable bonds is 2. The Balaban J connectivity index is 2.20. The lowest BCUT2D eigenvalue weighted by atomic mass is 10.2. The van der Waals surface area contributed by atoms with Crippen LogP contribution in [0.5, 0.6) is 0 Å². The molecule has 2 nitrogen and oxygen atoms in total. The van der Waals surface area contributed by atoms with Crippen LogP contribution in [-0.4, -0.2) is 16.7 Å². The van der Waals surface area contributed by atoms with E-state index in [0.29, 0.717) is 0 Å². The Morgan fingerprint density at radius 2 is 2.07 bits per heavy atom. The fraction of sp³-hybridized carbons (Fsp3) is 0.444. The van der Waals surface area contributed by atoms with E-state index in [1.165, 1.54) is 12.3 Å². The van der Waals surface area contributed by atoms with Crippen LogP contribution in [0.4, 0.5) is 19.0 Å². The van der Waals surface area contributed by atoms with Gasteiger partial charge >= 0.3 is 6.18 Å². The van der Waals surface area contributed by atoms with Crippen molar-refractivity contribution in [1.82, 2.24) is 4.98 Å². The molecule has 0 aliphatic heterocycles. The number of pyridine rings is 1. The monoisotopic (exact) mass is 236 g/mol. The summed E-state index contributed by atoms with van der Waals surface area (Å²) in [6.45, 7) is 0. The predicted molar refractivity (Wildman–Crippen MR) is 50.9 cm³/mol. The van der Waals surface area contributed by atoms with Gasteiger partial charge in [0, 0.05) is 6.20 Å². The van der Waals surface area contributed by atoms with Gasteiger partial charge in [-0.15, -0.1) is 0 Å². The van der Waals surface area contributed by atoms with Crippen molar-refractivity contribution in [1.29, 1.82) is 0 Å². The predicted octanol–water partition coefficient (Wildman–Crippen LogP) is 3.24. The number of hydrogen-bond acceptors (Lipinski definition) is 2. The molecule has 0 unspecified atom stereocenters. The zero-order valence-electron chi connectivity index (χ0n) is 7.61. The number of nitrogens with zero attached hydrogens (tertiary/aromatic N) is 1. The molecule has 1 aliphatic carbocycles. The maximum atomic E-state index is 12.6. The molecular formula is C9H8ClF3N2. The maximum Gasteiger partial charge on any atom is 0.411 e. The van der Waals surface area contributed by atoms with Crippen molar-refractivity contribution in [2.24, 2.45) is 0 Å². The highest BCUT2D eigenvalue weighted by molar-refractivity contribution is 6.32. The summed E-state index contributed by atoms with van der Waals surface area (Å²) in [7, 11) is 0. The maximum absolute atomic E-state index is 12.6. The zero-order valence-corrected chi connectivity index (χ0v) is 8.36. The Bertz CT molecular complexity index is 374. The summed E-state index contributed by atoms with van der Waals surface area (Å²) in [4.78, 5) is 3.77. The Morgan fingerprint density at radius 1 is 1.40 bits per heavy atom. The molecule has 0 amide bonds. The van der Waals surface area contributed by atoms with Crippen molar-refractivity contribution in [3.8, 4) is 0 Å². The van der Waals surface area contributed by atoms with Gasteiger partial charge in [-0.25, -0.2) is 4.98 Å². The lowest BCUT2D eigenvalue weighted by Gasteiger charge is -2.21. The highest BCUT2D eigenvalue weighted by atomic mass is 35.5. The molecule has 1 aliphatic rings. The highest BCUT2D eigenvalue weighted by Gasteiger charge is 2.63. The first kappa shape index (κ1) is 10.5. The van der Waals surface area contributed by atoms with Crippen LogP contribution in [0.2, 0.25) is 5.02 Å². The molecule has 0 aromatic carbocycles. The van der Waals surface area contributed by atoms with Crippen molar-refractivity contribution in [2.45, 2.75) is 24.6 Å². The molecule has 0 saturated heterocycles. The topological polar surface area (TPSA) is 24.9 Å². The van der Waals surface area contributed by atoms with E-state index in [9.17, 15) is 13.2 Å². The molecule has 1 aromatic heterocycles. The van der Waals surface area contributed by atoms with Crippen LogP contribution < -0.4 is 5.32 Å². The second kappa shape index (κ2) is 3.27. The molecule has 1 heterocycles. The molecule has 6 heteroatoms. The summed E-state index contributed by atoms with van der Waals surface area (Å²) >= 11 is 5.72. The van der Waals surface area contributed by atoms with Crippen molar-refractivity contribution in [3.63, 3.8) is 0 Å². The van der Waals surface area contributed by atoms with Gasteiger partial charge in [-0.05, 0) is 25.0 Å². The highest BCUT2D eigenvalue weighted by Crippen LogP contribution is 2.51. The summed E-state index contributed by atoms with van der Waals surface area (Å²) in [5.74, 6) is 0.0917. The summed E-state index contributed by atoms with van der Waals surface area (Å²) in [6.07, 6.45) is -2.71. The van der Waals surface area contributed by atoms with E-state index in [2.05, 4.69) is 10.3 Å². The van der Waals surface area contributed by atoms with Crippen LogP contribution in [0.15, 0.2) is 18.3 Å². The van der Waals surface area contributed by atoms with Crippen molar-refractivity contribution in [3.05, 3.63) is 23.4 Å². The zero-order chi connectivity index (χ0) is 11.1. The van der Waals surface area contributed by atoms with E-state index in [1.807, 2.05) is 0 Å². The van der Waals surface area contributed by atoms with E-state index in [-0.39, 0.29) is 23.7 Å². The van der Waals surface area contributed by atoms with Crippen LogP contribution >= 0.6 is 11.6 Å². The number of nitrogens with one attached hydrogen (secondary N) is 1. The number of aromatic nitrogens is 1. The first-order valence-electron chi connectivity index (χ1n) is 4.40. The van der Waals surface area contributed by atoms with Gasteiger partial charge in [0.15, 0.2) is 0 Å². The van der Waals surface area contributed by atoms with Gasteiger partial charge < -0.3 is 5.32 Å². The Morgan fingerprint density at radius 3 is 2.53 bits per heavy atom. The quantitative estimate of drug-likeness (QED) is 0.853. The smallest absolute Gasteiger partial charge is 0.355 e. The molecule has 0 radical (unpaired) electrons. The van der Waals surface area contributed by atoms with Crippen LogP contribution in [0.1, 0.15) is 12.8 Å². The van der Waals surface area contributed by atoms with Gasteiger partial charge in [0.25, 0.3) is 0 Å². The van der Waals surface area contributed by atoms with E-state index in [0.717, 1.165) is 0 Å². The first-order valence-corrected chi connectivity index (χ1v) is 4.78. The third-order valence-corrected chi connectivity index (χ3v) is 2.71. The van der Waals surface area contributed by atoms with E-state index in [4.69, 9.17) is 11.6 Å². The standard InChI is InChI=1S/C9H8ClF3N2/c10-6-2-1-5-14-7(6)15-8(3-4-8)9(11,12)13/h1-2,5H,3-4H2,(H,14,15). The molecule has 1 N–H and O–H groups in total. The van der Waals surface area contributed by atoms with E-state index in [1.54, 1.807) is 6.07 Å². The lowest BCUT2D eigenvalue weighted by Crippen LogP contribution is -2.39. The molecular weight excluding hydrogens is 229 g/mol. The molecule has 1 aromatic rings. The van der Waals surface area contributed by atoms with Crippen LogP contribution in [0.3, 0.4) is 0 Å². The minimum absolute atomic E-state index is 0.0728. The molecule has 0 atom stereocenters. The summed E-state index contributed by atoms with van der Waals surface area (Å²) in [5, 5.41) is 2.57. The molecule has 1 fully saturated rings. The number of anilines is 1. The Hall–Kier alpha value is -0.970. The van der Waals surface area contributed by atoms with E-state index < -0.39 is 11.7 Å². The average Bonchev–Trinajstić information content (AvgIpc) is 2.89. The summed E-state index contributed by atoms with van der Waals surface area (Å²) < 4.78 is 37.7. The second-order valence-electron chi connectivity index (χ2n) is 3.54. The average molecular weight is 237 g/mol. The van der Waals surface area contributed by atoms with Gasteiger partial charge in [0.2, 0.25) is 0 Å². The normalized spacial score (nSPS) is 18.7. The lowest BCUT2D eigenvalue weighted by molar-refractivity contribution is -0.151. The molecule has 0 spiro atoms. The molecule has 0 bridgehead atoms. The van der Waals surface area contributed by atoms with Crippen LogP contribution in [-0.2, 0) is 0 Å². The minimum Gasteiger partial charge on any atom is -0.355 e. The SMILES string of the molecule is FC(F)(F)C1(Nc2ncccc2Cl)CC1. The van der Waals surface area contributed by atoms with Crippen LogP contribution in [0.25, 0.3) is 0 Å². The van der Waals surface area contributed by atoms with Crippen LogP contribution in [0, 0.1) is 0 Å². The summed E-state index contributed by atoms with van der Waals surface area (Å²) in [6, 6.07) is 3.07. The van der Waals surface area contributed by atoms with Crippen molar-refractivity contribution >= 4 is 17.4 Å². The molecule has 15 heavy (non-hydrogen) atoms. The first-order chi connectivity index (χ1) is 6.95. The minimum atomic E-state index is -4.26. The number of hydrogen-bond donors (Lipinski definition) is 1. The fourth-order valence-electron chi connectivity index (χ4n) is 1.31. The Kier molecular flexibility index (Phi) is 2.30. The molecule has 1 saturated carbocycles. The number of alkyl halides is 3. The second-order valence-corrected chi connectivity index (χ2v) is 3.95. The van der Waals surface area contributed by atoms with E-state index >= 15 is 0 Å². The van der Waals surface area contributed by atoms with Gasteiger partial charge in [-0.1, -0.05) is 11.6 Å².